The second-order valence-corrected chi connectivity index (χ2v) is 7.77. The summed E-state index contributed by atoms with van der Waals surface area (Å²) in [4.78, 5) is 9.12. The molecule has 1 aliphatic rings. The van der Waals surface area contributed by atoms with Crippen molar-refractivity contribution in [2.24, 2.45) is 4.99 Å². The van der Waals surface area contributed by atoms with Crippen LogP contribution in [0, 0.1) is 11.6 Å². The Kier molecular flexibility index (Phi) is 3.42. The lowest BCUT2D eigenvalue weighted by Crippen LogP contribution is -2.22. The van der Waals surface area contributed by atoms with Gasteiger partial charge < -0.3 is 0 Å². The first-order valence-electron chi connectivity index (χ1n) is 7.57. The van der Waals surface area contributed by atoms with Gasteiger partial charge in [0.05, 0.1) is 10.6 Å². The molecule has 0 spiro atoms. The van der Waals surface area contributed by atoms with Gasteiger partial charge in [0.15, 0.2) is 0 Å². The van der Waals surface area contributed by atoms with E-state index in [2.05, 4.69) is 4.98 Å². The molecular weight excluding hydrogens is 326 g/mol. The number of para-hydroxylation sites is 1. The molecule has 0 fully saturated rings. The van der Waals surface area contributed by atoms with E-state index in [1.54, 1.807) is 18.3 Å². The molecule has 0 bridgehead atoms. The fraction of sp³-hybridized carbons (Fsp3) is 0.158. The van der Waals surface area contributed by atoms with Gasteiger partial charge in [0.25, 0.3) is 0 Å². The SMILES string of the molecule is CC1(C)N=C(c2cnc3c(F)cccc3c2)c2cccc(F)c2S1. The van der Waals surface area contributed by atoms with E-state index in [4.69, 9.17) is 4.99 Å². The summed E-state index contributed by atoms with van der Waals surface area (Å²) in [6.45, 7) is 3.89. The van der Waals surface area contributed by atoms with Crippen molar-refractivity contribution in [3.05, 3.63) is 71.4 Å². The molecule has 0 saturated carbocycles. The van der Waals surface area contributed by atoms with Crippen molar-refractivity contribution in [1.29, 1.82) is 0 Å². The number of fused-ring (bicyclic) bond motifs is 2. The van der Waals surface area contributed by atoms with Crippen LogP contribution in [-0.2, 0) is 0 Å². The Morgan fingerprint density at radius 3 is 2.58 bits per heavy atom. The van der Waals surface area contributed by atoms with Gasteiger partial charge in [-0.1, -0.05) is 36.0 Å². The van der Waals surface area contributed by atoms with Gasteiger partial charge in [-0.3, -0.25) is 9.98 Å². The van der Waals surface area contributed by atoms with Crippen molar-refractivity contribution in [2.75, 3.05) is 0 Å². The normalized spacial score (nSPS) is 15.9. The van der Waals surface area contributed by atoms with Crippen LogP contribution in [0.5, 0.6) is 0 Å². The van der Waals surface area contributed by atoms with E-state index < -0.39 is 4.87 Å². The second kappa shape index (κ2) is 5.38. The average Bonchev–Trinajstić information content (AvgIpc) is 2.54. The molecule has 2 aromatic carbocycles. The number of benzene rings is 2. The number of rotatable bonds is 1. The van der Waals surface area contributed by atoms with Crippen LogP contribution < -0.4 is 0 Å². The molecule has 0 atom stereocenters. The molecule has 0 saturated heterocycles. The molecule has 0 radical (unpaired) electrons. The van der Waals surface area contributed by atoms with Gasteiger partial charge in [-0.25, -0.2) is 8.78 Å². The van der Waals surface area contributed by atoms with Crippen molar-refractivity contribution in [1.82, 2.24) is 4.98 Å². The maximum Gasteiger partial charge on any atom is 0.149 e. The van der Waals surface area contributed by atoms with Crippen molar-refractivity contribution in [3.63, 3.8) is 0 Å². The standard InChI is InChI=1S/C19H14F2N2S/c1-19(2)23-16(13-6-4-8-15(21)18(13)24-19)12-9-11-5-3-7-14(20)17(11)22-10-12/h3-10H,1-2H3. The highest BCUT2D eigenvalue weighted by Crippen LogP contribution is 2.42. The van der Waals surface area contributed by atoms with E-state index in [0.717, 1.165) is 11.1 Å². The zero-order valence-electron chi connectivity index (χ0n) is 13.2. The van der Waals surface area contributed by atoms with Crippen LogP contribution in [0.1, 0.15) is 25.0 Å². The highest BCUT2D eigenvalue weighted by atomic mass is 32.2. The number of thioether (sulfide) groups is 1. The Balaban J connectivity index is 1.95. The van der Waals surface area contributed by atoms with Crippen molar-refractivity contribution in [3.8, 4) is 0 Å². The lowest BCUT2D eigenvalue weighted by molar-refractivity contribution is 0.597. The van der Waals surface area contributed by atoms with Crippen molar-refractivity contribution in [2.45, 2.75) is 23.6 Å². The largest absolute Gasteiger partial charge is 0.267 e. The lowest BCUT2D eigenvalue weighted by atomic mass is 10.0. The second-order valence-electron chi connectivity index (χ2n) is 6.16. The van der Waals surface area contributed by atoms with Crippen LogP contribution in [0.25, 0.3) is 10.9 Å². The molecular formula is C19H14F2N2S. The van der Waals surface area contributed by atoms with Crippen LogP contribution in [0.4, 0.5) is 8.78 Å². The van der Waals surface area contributed by atoms with Gasteiger partial charge >= 0.3 is 0 Å². The molecule has 0 unspecified atom stereocenters. The summed E-state index contributed by atoms with van der Waals surface area (Å²) < 4.78 is 28.1. The van der Waals surface area contributed by atoms with Crippen LogP contribution in [0.3, 0.4) is 0 Å². The summed E-state index contributed by atoms with van der Waals surface area (Å²) in [5.41, 5.74) is 2.52. The first-order chi connectivity index (χ1) is 11.4. The zero-order valence-corrected chi connectivity index (χ0v) is 14.0. The smallest absolute Gasteiger partial charge is 0.149 e. The monoisotopic (exact) mass is 340 g/mol. The third kappa shape index (κ3) is 2.49. The van der Waals surface area contributed by atoms with Crippen LogP contribution in [0.2, 0.25) is 0 Å². The van der Waals surface area contributed by atoms with Crippen molar-refractivity contribution < 1.29 is 8.78 Å². The fourth-order valence-electron chi connectivity index (χ4n) is 2.87. The number of halogens is 2. The fourth-order valence-corrected chi connectivity index (χ4v) is 3.95. The Labute approximate surface area is 142 Å². The zero-order chi connectivity index (χ0) is 16.9. The summed E-state index contributed by atoms with van der Waals surface area (Å²) in [6.07, 6.45) is 1.60. The van der Waals surface area contributed by atoms with Gasteiger partial charge in [0, 0.05) is 22.7 Å². The summed E-state index contributed by atoms with van der Waals surface area (Å²) in [5.74, 6) is -0.607. The first kappa shape index (κ1) is 15.3. The minimum absolute atomic E-state index is 0.252. The van der Waals surface area contributed by atoms with E-state index in [9.17, 15) is 8.78 Å². The van der Waals surface area contributed by atoms with Crippen LogP contribution in [-0.4, -0.2) is 15.6 Å². The van der Waals surface area contributed by atoms with Gasteiger partial charge in [-0.05, 0) is 32.0 Å². The quantitative estimate of drug-likeness (QED) is 0.609. The Hall–Kier alpha value is -2.27. The number of hydrogen-bond acceptors (Lipinski definition) is 3. The first-order valence-corrected chi connectivity index (χ1v) is 8.39. The van der Waals surface area contributed by atoms with Gasteiger partial charge in [0.1, 0.15) is 22.0 Å². The highest BCUT2D eigenvalue weighted by molar-refractivity contribution is 8.00. The minimum atomic E-state index is -0.485. The molecule has 4 rings (SSSR count). The molecule has 24 heavy (non-hydrogen) atoms. The molecule has 0 amide bonds. The highest BCUT2D eigenvalue weighted by Gasteiger charge is 2.30. The van der Waals surface area contributed by atoms with E-state index >= 15 is 0 Å². The summed E-state index contributed by atoms with van der Waals surface area (Å²) in [6, 6.07) is 11.7. The predicted molar refractivity (Wildman–Crippen MR) is 93.7 cm³/mol. The predicted octanol–water partition coefficient (Wildman–Crippen LogP) is 5.19. The van der Waals surface area contributed by atoms with Crippen LogP contribution in [0.15, 0.2) is 58.5 Å². The topological polar surface area (TPSA) is 25.2 Å². The molecule has 1 aromatic heterocycles. The number of hydrogen-bond donors (Lipinski definition) is 0. The Morgan fingerprint density at radius 2 is 1.75 bits per heavy atom. The third-order valence-corrected chi connectivity index (χ3v) is 5.10. The molecule has 0 N–H and O–H groups in total. The summed E-state index contributed by atoms with van der Waals surface area (Å²) in [7, 11) is 0. The third-order valence-electron chi connectivity index (χ3n) is 3.89. The molecule has 120 valence electrons. The molecule has 3 aromatic rings. The minimum Gasteiger partial charge on any atom is -0.267 e. The van der Waals surface area contributed by atoms with Crippen LogP contribution >= 0.6 is 11.8 Å². The number of pyridine rings is 1. The van der Waals surface area contributed by atoms with Gasteiger partial charge in [-0.2, -0.15) is 0 Å². The van der Waals surface area contributed by atoms with Crippen molar-refractivity contribution >= 4 is 28.4 Å². The lowest BCUT2D eigenvalue weighted by Gasteiger charge is -2.28. The number of nitrogens with zero attached hydrogens (tertiary/aromatic N) is 2. The molecule has 2 nitrogen and oxygen atoms in total. The van der Waals surface area contributed by atoms with E-state index in [1.165, 1.54) is 23.9 Å². The average molecular weight is 340 g/mol. The van der Waals surface area contributed by atoms with Gasteiger partial charge in [0.2, 0.25) is 0 Å². The molecule has 1 aliphatic heterocycles. The van der Waals surface area contributed by atoms with E-state index in [0.29, 0.717) is 21.5 Å². The summed E-state index contributed by atoms with van der Waals surface area (Å²) >= 11 is 1.40. The van der Waals surface area contributed by atoms with E-state index in [-0.39, 0.29) is 11.6 Å². The maximum atomic E-state index is 14.3. The maximum absolute atomic E-state index is 14.3. The summed E-state index contributed by atoms with van der Waals surface area (Å²) in [5, 5.41) is 0.698. The van der Waals surface area contributed by atoms with Gasteiger partial charge in [-0.15, -0.1) is 0 Å². The Bertz CT molecular complexity index is 996. The Morgan fingerprint density at radius 1 is 1.00 bits per heavy atom. The van der Waals surface area contributed by atoms with E-state index in [1.807, 2.05) is 32.0 Å². The molecule has 0 aliphatic carbocycles. The number of aromatic nitrogens is 1. The molecule has 5 heteroatoms. The number of aliphatic imine (C=N–C) groups is 1. The molecule has 2 heterocycles.